The third-order valence-electron chi connectivity index (χ3n) is 5.83. The molecule has 5 rings (SSSR count). The summed E-state index contributed by atoms with van der Waals surface area (Å²) < 4.78 is 7.36. The molecule has 1 amide bonds. The Morgan fingerprint density at radius 2 is 1.97 bits per heavy atom. The number of nitrogens with zero attached hydrogens (tertiary/aromatic N) is 5. The molecule has 30 heavy (non-hydrogen) atoms. The molecule has 1 atom stereocenters. The number of carbonyl (C=O) groups excluding carboxylic acids is 1. The molecule has 1 aliphatic heterocycles. The number of rotatable bonds is 3. The van der Waals surface area contributed by atoms with Crippen molar-refractivity contribution < 1.29 is 9.53 Å². The Morgan fingerprint density at radius 3 is 2.77 bits per heavy atom. The molecule has 1 fully saturated rings. The molecule has 1 saturated heterocycles. The van der Waals surface area contributed by atoms with Gasteiger partial charge in [-0.05, 0) is 48.7 Å². The molecule has 0 N–H and O–H groups in total. The van der Waals surface area contributed by atoms with E-state index in [9.17, 15) is 4.79 Å². The van der Waals surface area contributed by atoms with Gasteiger partial charge in [-0.2, -0.15) is 10.1 Å². The van der Waals surface area contributed by atoms with Crippen LogP contribution in [0.15, 0.2) is 48.8 Å². The van der Waals surface area contributed by atoms with E-state index < -0.39 is 0 Å². The number of hydrogen-bond acceptors (Lipinski definition) is 5. The molecular weight excluding hydrogens is 378 g/mol. The van der Waals surface area contributed by atoms with E-state index in [-0.39, 0.29) is 11.8 Å². The van der Waals surface area contributed by atoms with Crippen LogP contribution in [0.3, 0.4) is 0 Å². The number of aromatic nitrogens is 4. The van der Waals surface area contributed by atoms with Crippen molar-refractivity contribution in [3.63, 3.8) is 0 Å². The Morgan fingerprint density at radius 1 is 1.17 bits per heavy atom. The molecule has 4 aromatic rings. The summed E-state index contributed by atoms with van der Waals surface area (Å²) in [5, 5.41) is 6.43. The molecule has 7 heteroatoms. The molecule has 0 spiro atoms. The number of piperidine rings is 1. The van der Waals surface area contributed by atoms with Gasteiger partial charge in [0.05, 0.1) is 18.4 Å². The number of benzene rings is 2. The summed E-state index contributed by atoms with van der Waals surface area (Å²) in [6.45, 7) is 3.33. The number of aryl methyl sites for hydroxylation is 1. The first-order valence-corrected chi connectivity index (χ1v) is 10.2. The third-order valence-corrected chi connectivity index (χ3v) is 5.83. The minimum Gasteiger partial charge on any atom is -0.496 e. The zero-order valence-corrected chi connectivity index (χ0v) is 17.1. The van der Waals surface area contributed by atoms with E-state index in [1.165, 1.54) is 6.33 Å². The van der Waals surface area contributed by atoms with Crippen LogP contribution >= 0.6 is 0 Å². The highest BCUT2D eigenvalue weighted by Crippen LogP contribution is 2.31. The second kappa shape index (κ2) is 7.40. The van der Waals surface area contributed by atoms with Gasteiger partial charge in [0.1, 0.15) is 12.1 Å². The zero-order chi connectivity index (χ0) is 20.7. The monoisotopic (exact) mass is 401 g/mol. The summed E-state index contributed by atoms with van der Waals surface area (Å²) in [5.41, 5.74) is 2.57. The molecule has 0 radical (unpaired) electrons. The number of likely N-dealkylation sites (tertiary alicyclic amines) is 1. The predicted octanol–water partition coefficient (Wildman–Crippen LogP) is 3.61. The van der Waals surface area contributed by atoms with E-state index in [1.54, 1.807) is 11.6 Å². The average molecular weight is 401 g/mol. The van der Waals surface area contributed by atoms with Gasteiger partial charge in [0.25, 0.3) is 11.7 Å². The number of carbonyl (C=O) groups is 1. The molecule has 7 nitrogen and oxygen atoms in total. The highest BCUT2D eigenvalue weighted by atomic mass is 16.5. The minimum atomic E-state index is 0.00270. The van der Waals surface area contributed by atoms with Crippen molar-refractivity contribution >= 4 is 22.5 Å². The first-order chi connectivity index (χ1) is 14.6. The van der Waals surface area contributed by atoms with E-state index in [4.69, 9.17) is 4.74 Å². The van der Waals surface area contributed by atoms with Crippen LogP contribution < -0.4 is 4.74 Å². The molecule has 3 heterocycles. The molecule has 1 unspecified atom stereocenters. The van der Waals surface area contributed by atoms with Crippen LogP contribution in [0.5, 0.6) is 5.75 Å². The largest absolute Gasteiger partial charge is 0.496 e. The maximum absolute atomic E-state index is 13.5. The Kier molecular flexibility index (Phi) is 4.58. The summed E-state index contributed by atoms with van der Waals surface area (Å²) in [6.07, 6.45) is 3.46. The highest BCUT2D eigenvalue weighted by molar-refractivity contribution is 6.01. The first kappa shape index (κ1) is 18.5. The van der Waals surface area contributed by atoms with Gasteiger partial charge in [0.2, 0.25) is 0 Å². The highest BCUT2D eigenvalue weighted by Gasteiger charge is 2.29. The van der Waals surface area contributed by atoms with Crippen molar-refractivity contribution in [2.24, 2.45) is 0 Å². The summed E-state index contributed by atoms with van der Waals surface area (Å²) in [5.74, 6) is 1.40. The third kappa shape index (κ3) is 3.16. The van der Waals surface area contributed by atoms with Gasteiger partial charge < -0.3 is 9.64 Å². The van der Waals surface area contributed by atoms with Crippen molar-refractivity contribution in [2.45, 2.75) is 25.7 Å². The second-order valence-corrected chi connectivity index (χ2v) is 7.78. The zero-order valence-electron chi connectivity index (χ0n) is 17.1. The molecule has 0 bridgehead atoms. The van der Waals surface area contributed by atoms with E-state index >= 15 is 0 Å². The van der Waals surface area contributed by atoms with Gasteiger partial charge in [-0.3, -0.25) is 4.79 Å². The van der Waals surface area contributed by atoms with Gasteiger partial charge >= 0.3 is 0 Å². The lowest BCUT2D eigenvalue weighted by molar-refractivity contribution is 0.0702. The van der Waals surface area contributed by atoms with E-state index in [2.05, 4.69) is 21.1 Å². The van der Waals surface area contributed by atoms with Gasteiger partial charge in [-0.1, -0.05) is 24.3 Å². The second-order valence-electron chi connectivity index (χ2n) is 7.78. The van der Waals surface area contributed by atoms with Crippen molar-refractivity contribution in [3.05, 3.63) is 65.7 Å². The molecule has 2 aromatic heterocycles. The smallest absolute Gasteiger partial charge is 0.257 e. The maximum atomic E-state index is 13.5. The van der Waals surface area contributed by atoms with Gasteiger partial charge in [0, 0.05) is 24.7 Å². The fourth-order valence-corrected chi connectivity index (χ4v) is 4.38. The maximum Gasteiger partial charge on any atom is 0.257 e. The lowest BCUT2D eigenvalue weighted by atomic mass is 9.93. The van der Waals surface area contributed by atoms with Crippen molar-refractivity contribution in [2.75, 3.05) is 20.2 Å². The lowest BCUT2D eigenvalue weighted by Gasteiger charge is -2.33. The Bertz CT molecular complexity index is 1250. The lowest BCUT2D eigenvalue weighted by Crippen LogP contribution is -2.39. The van der Waals surface area contributed by atoms with E-state index in [0.717, 1.165) is 41.5 Å². The molecule has 1 aliphatic rings. The fourth-order valence-electron chi connectivity index (χ4n) is 4.38. The van der Waals surface area contributed by atoms with Crippen LogP contribution in [-0.2, 0) is 0 Å². The van der Waals surface area contributed by atoms with Crippen LogP contribution in [0, 0.1) is 6.92 Å². The molecule has 2 aromatic carbocycles. The molecular formula is C23H23N5O2. The van der Waals surface area contributed by atoms with Crippen molar-refractivity contribution in [3.8, 4) is 5.75 Å². The van der Waals surface area contributed by atoms with Crippen LogP contribution in [0.4, 0.5) is 0 Å². The molecule has 0 saturated carbocycles. The Labute approximate surface area is 174 Å². The van der Waals surface area contributed by atoms with Gasteiger partial charge in [0.15, 0.2) is 0 Å². The SMILES string of the molecule is COc1cc2ccccc2cc1C(=O)N1CCCC(c2cc(C)nc3ncnn23)C1. The average Bonchev–Trinajstić information content (AvgIpc) is 3.25. The summed E-state index contributed by atoms with van der Waals surface area (Å²) in [7, 11) is 1.61. The number of fused-ring (bicyclic) bond motifs is 2. The Balaban J connectivity index is 1.48. The van der Waals surface area contributed by atoms with Gasteiger partial charge in [-0.15, -0.1) is 0 Å². The topological polar surface area (TPSA) is 72.6 Å². The van der Waals surface area contributed by atoms with E-state index in [0.29, 0.717) is 23.6 Å². The van der Waals surface area contributed by atoms with Crippen molar-refractivity contribution in [1.82, 2.24) is 24.5 Å². The number of ether oxygens (including phenoxy) is 1. The van der Waals surface area contributed by atoms with Gasteiger partial charge in [-0.25, -0.2) is 9.50 Å². The number of hydrogen-bond donors (Lipinski definition) is 0. The van der Waals surface area contributed by atoms with E-state index in [1.807, 2.05) is 48.2 Å². The standard InChI is InChI=1S/C23H23N5O2/c1-15-10-20(28-23(26-15)24-14-25-28)18-8-5-9-27(13-18)22(29)19-11-16-6-3-4-7-17(16)12-21(19)30-2/h3-4,6-7,10-12,14,18H,5,8-9,13H2,1-2H3. The number of amides is 1. The number of methoxy groups -OCH3 is 1. The van der Waals surface area contributed by atoms with Crippen molar-refractivity contribution in [1.29, 1.82) is 0 Å². The van der Waals surface area contributed by atoms with Crippen LogP contribution in [-0.4, -0.2) is 50.6 Å². The van der Waals surface area contributed by atoms with Crippen LogP contribution in [0.25, 0.3) is 16.6 Å². The fraction of sp³-hybridized carbons (Fsp3) is 0.304. The quantitative estimate of drug-likeness (QED) is 0.524. The summed E-state index contributed by atoms with van der Waals surface area (Å²) in [4.78, 5) is 24.1. The Hall–Kier alpha value is -3.48. The normalized spacial score (nSPS) is 16.9. The molecule has 152 valence electrons. The summed E-state index contributed by atoms with van der Waals surface area (Å²) >= 11 is 0. The van der Waals surface area contributed by atoms with Crippen LogP contribution in [0.1, 0.15) is 40.5 Å². The van der Waals surface area contributed by atoms with Crippen LogP contribution in [0.2, 0.25) is 0 Å². The summed E-state index contributed by atoms with van der Waals surface area (Å²) in [6, 6.07) is 13.9. The first-order valence-electron chi connectivity index (χ1n) is 10.2. The molecule has 0 aliphatic carbocycles. The minimum absolute atomic E-state index is 0.00270. The predicted molar refractivity (Wildman–Crippen MR) is 114 cm³/mol.